The third-order valence-electron chi connectivity index (χ3n) is 7.33. The van der Waals surface area contributed by atoms with Gasteiger partial charge in [0, 0.05) is 18.3 Å². The highest BCUT2D eigenvalue weighted by Gasteiger charge is 2.36. The van der Waals surface area contributed by atoms with Gasteiger partial charge < -0.3 is 22.1 Å². The molecule has 1 fully saturated rings. The Morgan fingerprint density at radius 2 is 1.85 bits per heavy atom. The summed E-state index contributed by atoms with van der Waals surface area (Å²) in [4.78, 5) is 15.7. The van der Waals surface area contributed by atoms with Crippen LogP contribution in [-0.4, -0.2) is 36.1 Å². The van der Waals surface area contributed by atoms with Crippen molar-refractivity contribution in [1.82, 2.24) is 4.90 Å². The van der Waals surface area contributed by atoms with E-state index >= 15 is 4.39 Å². The van der Waals surface area contributed by atoms with E-state index in [2.05, 4.69) is 29.4 Å². The van der Waals surface area contributed by atoms with Gasteiger partial charge in [-0.25, -0.2) is 4.39 Å². The number of amides is 1. The van der Waals surface area contributed by atoms with Crippen LogP contribution in [0.3, 0.4) is 0 Å². The number of alkyl halides is 3. The second kappa shape index (κ2) is 15.3. The van der Waals surface area contributed by atoms with E-state index in [0.29, 0.717) is 17.3 Å². The van der Waals surface area contributed by atoms with E-state index in [0.717, 1.165) is 56.7 Å². The van der Waals surface area contributed by atoms with Crippen LogP contribution in [0.15, 0.2) is 54.2 Å². The van der Waals surface area contributed by atoms with Crippen LogP contribution in [0.1, 0.15) is 76.0 Å². The van der Waals surface area contributed by atoms with Crippen LogP contribution < -0.4 is 22.1 Å². The van der Waals surface area contributed by atoms with Gasteiger partial charge in [-0.2, -0.15) is 13.2 Å². The van der Waals surface area contributed by atoms with Crippen molar-refractivity contribution in [3.8, 4) is 0 Å². The minimum Gasteiger partial charge on any atom is -0.351 e. The molecule has 2 aromatic rings. The Balaban J connectivity index is 1.91. The second-order valence-electron chi connectivity index (χ2n) is 10.8. The van der Waals surface area contributed by atoms with Crippen LogP contribution in [0.5, 0.6) is 0 Å². The highest BCUT2D eigenvalue weighted by atomic mass is 19.4. The molecule has 0 aromatic heterocycles. The number of hydrogen-bond acceptors (Lipinski definition) is 5. The number of halogens is 4. The molecule has 0 radical (unpaired) electrons. The molecule has 0 bridgehead atoms. The van der Waals surface area contributed by atoms with E-state index in [1.54, 1.807) is 36.4 Å². The van der Waals surface area contributed by atoms with Crippen LogP contribution in [0.2, 0.25) is 0 Å². The summed E-state index contributed by atoms with van der Waals surface area (Å²) < 4.78 is 55.0. The maximum absolute atomic E-state index is 15.0. The number of rotatable bonds is 16. The zero-order chi connectivity index (χ0) is 30.0. The van der Waals surface area contributed by atoms with Crippen molar-refractivity contribution in [2.45, 2.75) is 83.6 Å². The number of nitrogens with zero attached hydrogens (tertiary/aromatic N) is 1. The van der Waals surface area contributed by atoms with Crippen LogP contribution in [-0.2, 0) is 11.3 Å². The van der Waals surface area contributed by atoms with Gasteiger partial charge >= 0.3 is 6.18 Å². The summed E-state index contributed by atoms with van der Waals surface area (Å²) in [6.45, 7) is 6.28. The lowest BCUT2D eigenvalue weighted by Crippen LogP contribution is -2.37. The number of hydrogen-bond donors (Lipinski definition) is 4. The van der Waals surface area contributed by atoms with Crippen molar-refractivity contribution in [1.29, 1.82) is 0 Å². The van der Waals surface area contributed by atoms with Crippen LogP contribution >= 0.6 is 0 Å². The van der Waals surface area contributed by atoms with Gasteiger partial charge in [0.2, 0.25) is 0 Å². The standard InChI is InChI=1S/C31H43F4N5O/c1-3-5-16-40(15-4-2)28(14-11-21-9-10-21)23-12-13-25(32)26(18-23)39-30(41)27(19-29(37)31(33,34)35)38-24-8-6-7-22(17-24)20-36/h6-8,12-13,17-19,21,28-29,38H,3-5,9-11,14-16,20,36-37H2,1-2H3,(H,39,41)/b27-19-. The molecule has 0 aliphatic heterocycles. The average molecular weight is 578 g/mol. The first kappa shape index (κ1) is 32.6. The molecule has 41 heavy (non-hydrogen) atoms. The topological polar surface area (TPSA) is 96.4 Å². The summed E-state index contributed by atoms with van der Waals surface area (Å²) in [5, 5.41) is 5.21. The minimum absolute atomic E-state index is 0.0455. The highest BCUT2D eigenvalue weighted by molar-refractivity contribution is 6.05. The number of nitrogens with two attached hydrogens (primary N) is 2. The van der Waals surface area contributed by atoms with Crippen molar-refractivity contribution < 1.29 is 22.4 Å². The molecule has 2 unspecified atom stereocenters. The monoisotopic (exact) mass is 577 g/mol. The van der Waals surface area contributed by atoms with E-state index in [9.17, 15) is 18.0 Å². The van der Waals surface area contributed by atoms with Crippen molar-refractivity contribution in [3.05, 3.63) is 71.2 Å². The fourth-order valence-corrected chi connectivity index (χ4v) is 4.85. The average Bonchev–Trinajstić information content (AvgIpc) is 3.77. The van der Waals surface area contributed by atoms with Crippen molar-refractivity contribution in [3.63, 3.8) is 0 Å². The van der Waals surface area contributed by atoms with E-state index in [1.165, 1.54) is 18.9 Å². The lowest BCUT2D eigenvalue weighted by molar-refractivity contribution is -0.137. The zero-order valence-electron chi connectivity index (χ0n) is 23.9. The molecule has 3 rings (SSSR count). The van der Waals surface area contributed by atoms with Gasteiger partial charge in [0.1, 0.15) is 17.6 Å². The Kier molecular flexibility index (Phi) is 12.2. The zero-order valence-corrected chi connectivity index (χ0v) is 23.9. The highest BCUT2D eigenvalue weighted by Crippen LogP contribution is 2.38. The molecule has 6 nitrogen and oxygen atoms in total. The SMILES string of the molecule is CCCCN(CCC)C(CCC1CC1)c1ccc(F)c(NC(=O)/C(=C/C(N)C(F)(F)F)Nc2cccc(CN)c2)c1. The van der Waals surface area contributed by atoms with Crippen molar-refractivity contribution >= 4 is 17.3 Å². The molecule has 1 amide bonds. The summed E-state index contributed by atoms with van der Waals surface area (Å²) >= 11 is 0. The van der Waals surface area contributed by atoms with Gasteiger partial charge in [0.05, 0.1) is 5.69 Å². The molecule has 0 heterocycles. The number of unbranched alkanes of at least 4 members (excludes halogenated alkanes) is 1. The third kappa shape index (κ3) is 10.1. The van der Waals surface area contributed by atoms with E-state index in [-0.39, 0.29) is 18.3 Å². The van der Waals surface area contributed by atoms with Gasteiger partial charge in [-0.1, -0.05) is 51.3 Å². The van der Waals surface area contributed by atoms with Gasteiger partial charge in [0.25, 0.3) is 5.91 Å². The minimum atomic E-state index is -4.77. The Morgan fingerprint density at radius 3 is 2.49 bits per heavy atom. The van der Waals surface area contributed by atoms with E-state index in [4.69, 9.17) is 11.5 Å². The summed E-state index contributed by atoms with van der Waals surface area (Å²) in [5.41, 5.74) is 12.4. The molecule has 2 aromatic carbocycles. The van der Waals surface area contributed by atoms with Gasteiger partial charge in [-0.15, -0.1) is 0 Å². The summed E-state index contributed by atoms with van der Waals surface area (Å²) in [6, 6.07) is 8.91. The quantitative estimate of drug-likeness (QED) is 0.129. The Hall–Kier alpha value is -2.95. The number of nitrogens with one attached hydrogen (secondary N) is 2. The lowest BCUT2D eigenvalue weighted by Gasteiger charge is -2.32. The van der Waals surface area contributed by atoms with Crippen LogP contribution in [0, 0.1) is 11.7 Å². The predicted octanol–water partition coefficient (Wildman–Crippen LogP) is 6.85. The molecular weight excluding hydrogens is 534 g/mol. The molecule has 1 aliphatic rings. The number of carbonyl (C=O) groups excluding carboxylic acids is 1. The number of carbonyl (C=O) groups is 1. The molecule has 2 atom stereocenters. The van der Waals surface area contributed by atoms with Crippen LogP contribution in [0.25, 0.3) is 0 Å². The van der Waals surface area contributed by atoms with E-state index in [1.807, 2.05) is 0 Å². The third-order valence-corrected chi connectivity index (χ3v) is 7.33. The van der Waals surface area contributed by atoms with Crippen LogP contribution in [0.4, 0.5) is 28.9 Å². The maximum Gasteiger partial charge on any atom is 0.407 e. The number of benzene rings is 2. The first-order valence-corrected chi connectivity index (χ1v) is 14.5. The summed E-state index contributed by atoms with van der Waals surface area (Å²) in [7, 11) is 0. The van der Waals surface area contributed by atoms with Gasteiger partial charge in [-0.3, -0.25) is 9.69 Å². The fraction of sp³-hybridized carbons (Fsp3) is 0.516. The molecule has 226 valence electrons. The van der Waals surface area contributed by atoms with Crippen molar-refractivity contribution in [2.24, 2.45) is 17.4 Å². The molecule has 1 saturated carbocycles. The molecule has 0 spiro atoms. The Labute approximate surface area is 240 Å². The van der Waals surface area contributed by atoms with Crippen molar-refractivity contribution in [2.75, 3.05) is 23.7 Å². The Morgan fingerprint density at radius 1 is 1.10 bits per heavy atom. The number of anilines is 2. The largest absolute Gasteiger partial charge is 0.407 e. The molecule has 1 aliphatic carbocycles. The molecule has 10 heteroatoms. The fourth-order valence-electron chi connectivity index (χ4n) is 4.85. The lowest BCUT2D eigenvalue weighted by atomic mass is 9.97. The smallest absolute Gasteiger partial charge is 0.351 e. The predicted molar refractivity (Wildman–Crippen MR) is 157 cm³/mol. The van der Waals surface area contributed by atoms with Gasteiger partial charge in [-0.05, 0) is 86.2 Å². The van der Waals surface area contributed by atoms with E-state index < -0.39 is 29.6 Å². The normalized spacial score (nSPS) is 15.6. The summed E-state index contributed by atoms with van der Waals surface area (Å²) in [5.74, 6) is -0.894. The Bertz CT molecular complexity index is 1170. The molecule has 0 saturated heterocycles. The first-order valence-electron chi connectivity index (χ1n) is 14.5. The second-order valence-corrected chi connectivity index (χ2v) is 10.8. The summed E-state index contributed by atoms with van der Waals surface area (Å²) in [6.07, 6.45) is 3.34. The maximum atomic E-state index is 15.0. The molecular formula is C31H43F4N5O. The van der Waals surface area contributed by atoms with Gasteiger partial charge in [0.15, 0.2) is 0 Å². The first-order chi connectivity index (χ1) is 19.5. The molecule has 6 N–H and O–H groups in total.